The molecule has 4 rings (SSSR count). The second kappa shape index (κ2) is 9.01. The summed E-state index contributed by atoms with van der Waals surface area (Å²) in [4.78, 5) is 56.9. The Morgan fingerprint density at radius 1 is 1.16 bits per heavy atom. The van der Waals surface area contributed by atoms with Crippen molar-refractivity contribution in [1.29, 1.82) is 0 Å². The lowest BCUT2D eigenvalue weighted by atomic mass is 10.1. The number of carbonyl (C=O) groups is 3. The molecule has 1 saturated heterocycles. The van der Waals surface area contributed by atoms with Gasteiger partial charge in [-0.25, -0.2) is 4.98 Å². The summed E-state index contributed by atoms with van der Waals surface area (Å²) < 4.78 is 5.13. The van der Waals surface area contributed by atoms with E-state index >= 15 is 0 Å². The van der Waals surface area contributed by atoms with Crippen LogP contribution >= 0.6 is 0 Å². The predicted molar refractivity (Wildman–Crippen MR) is 117 cm³/mol. The lowest BCUT2D eigenvalue weighted by Gasteiger charge is -2.15. The molecule has 1 aliphatic rings. The summed E-state index contributed by atoms with van der Waals surface area (Å²) in [6.07, 6.45) is 1.36. The third-order valence-electron chi connectivity index (χ3n) is 5.26. The van der Waals surface area contributed by atoms with Gasteiger partial charge in [0.15, 0.2) is 0 Å². The number of para-hydroxylation sites is 1. The molecule has 1 aliphatic heterocycles. The van der Waals surface area contributed by atoms with E-state index in [-0.39, 0.29) is 30.4 Å². The van der Waals surface area contributed by atoms with Crippen LogP contribution in [-0.2, 0) is 20.9 Å². The van der Waals surface area contributed by atoms with E-state index in [1.54, 1.807) is 41.3 Å². The van der Waals surface area contributed by atoms with Crippen LogP contribution in [0.3, 0.4) is 0 Å². The molecule has 2 aromatic carbocycles. The average molecular weight is 434 g/mol. The molecule has 164 valence electrons. The van der Waals surface area contributed by atoms with E-state index in [2.05, 4.69) is 15.3 Å². The molecule has 32 heavy (non-hydrogen) atoms. The van der Waals surface area contributed by atoms with E-state index in [1.807, 2.05) is 13.0 Å². The first-order valence-electron chi connectivity index (χ1n) is 10.2. The van der Waals surface area contributed by atoms with Gasteiger partial charge < -0.3 is 19.9 Å². The first-order valence-corrected chi connectivity index (χ1v) is 10.2. The van der Waals surface area contributed by atoms with Gasteiger partial charge >= 0.3 is 5.97 Å². The molecule has 0 bridgehead atoms. The highest BCUT2D eigenvalue weighted by atomic mass is 16.5. The summed E-state index contributed by atoms with van der Waals surface area (Å²) in [6.45, 7) is 1.97. The zero-order chi connectivity index (χ0) is 22.7. The van der Waals surface area contributed by atoms with Crippen LogP contribution in [0.5, 0.6) is 0 Å². The minimum atomic E-state index is -0.662. The second-order valence-corrected chi connectivity index (χ2v) is 7.52. The Morgan fingerprint density at radius 2 is 1.94 bits per heavy atom. The number of anilines is 1. The van der Waals surface area contributed by atoms with E-state index in [0.29, 0.717) is 29.4 Å². The number of nitrogens with zero attached hydrogens (tertiary/aromatic N) is 2. The van der Waals surface area contributed by atoms with Gasteiger partial charge in [-0.05, 0) is 49.2 Å². The minimum absolute atomic E-state index is 0.0716. The normalized spacial score (nSPS) is 13.4. The molecule has 0 aliphatic carbocycles. The number of ether oxygens (including phenoxy) is 1. The van der Waals surface area contributed by atoms with Crippen LogP contribution in [0.4, 0.5) is 5.69 Å². The average Bonchev–Trinajstić information content (AvgIpc) is 3.22. The quantitative estimate of drug-likeness (QED) is 0.571. The standard InChI is InChI=1S/C23H22N4O5/c1-14-4-2-5-17-21(14)25-18(26-23(17)31)13-32-20(29)12-24-22(30)15-7-9-16(10-8-15)27-11-3-6-19(27)28/h2,4-5,7-10H,3,6,11-13H2,1H3,(H,24,30)(H,25,26,31). The number of hydrogen-bond acceptors (Lipinski definition) is 6. The Hall–Kier alpha value is -4.01. The zero-order valence-corrected chi connectivity index (χ0v) is 17.5. The zero-order valence-electron chi connectivity index (χ0n) is 17.5. The van der Waals surface area contributed by atoms with Gasteiger partial charge in [0, 0.05) is 24.2 Å². The van der Waals surface area contributed by atoms with Crippen LogP contribution in [0.25, 0.3) is 10.9 Å². The molecule has 0 unspecified atom stereocenters. The number of hydrogen-bond donors (Lipinski definition) is 2. The summed E-state index contributed by atoms with van der Waals surface area (Å²) in [5.74, 6) is -0.801. The number of H-pyrrole nitrogens is 1. The Morgan fingerprint density at radius 3 is 2.66 bits per heavy atom. The second-order valence-electron chi connectivity index (χ2n) is 7.52. The van der Waals surface area contributed by atoms with Gasteiger partial charge in [0.1, 0.15) is 19.0 Å². The van der Waals surface area contributed by atoms with E-state index in [0.717, 1.165) is 17.7 Å². The monoisotopic (exact) mass is 434 g/mol. The van der Waals surface area contributed by atoms with Crippen LogP contribution in [0, 0.1) is 6.92 Å². The summed E-state index contributed by atoms with van der Waals surface area (Å²) in [7, 11) is 0. The number of benzene rings is 2. The van der Waals surface area contributed by atoms with Crippen molar-refractivity contribution in [2.24, 2.45) is 0 Å². The van der Waals surface area contributed by atoms with Crippen LogP contribution in [0.1, 0.15) is 34.6 Å². The van der Waals surface area contributed by atoms with Gasteiger partial charge in [0.2, 0.25) is 5.91 Å². The number of aryl methyl sites for hydroxylation is 1. The van der Waals surface area contributed by atoms with Crippen molar-refractivity contribution in [3.63, 3.8) is 0 Å². The third kappa shape index (κ3) is 4.51. The van der Waals surface area contributed by atoms with Crippen molar-refractivity contribution in [3.8, 4) is 0 Å². The van der Waals surface area contributed by atoms with Gasteiger partial charge in [-0.2, -0.15) is 0 Å². The molecule has 1 aromatic heterocycles. The van der Waals surface area contributed by atoms with Crippen molar-refractivity contribution in [2.75, 3.05) is 18.0 Å². The molecule has 0 spiro atoms. The molecular formula is C23H22N4O5. The fraction of sp³-hybridized carbons (Fsp3) is 0.261. The lowest BCUT2D eigenvalue weighted by molar-refractivity contribution is -0.143. The van der Waals surface area contributed by atoms with E-state index < -0.39 is 11.9 Å². The van der Waals surface area contributed by atoms with Gasteiger partial charge in [-0.15, -0.1) is 0 Å². The molecule has 1 fully saturated rings. The molecule has 0 atom stereocenters. The van der Waals surface area contributed by atoms with Crippen molar-refractivity contribution in [2.45, 2.75) is 26.4 Å². The maximum Gasteiger partial charge on any atom is 0.325 e. The summed E-state index contributed by atoms with van der Waals surface area (Å²) in [5.41, 5.74) is 2.19. The van der Waals surface area contributed by atoms with Gasteiger partial charge in [-0.1, -0.05) is 12.1 Å². The number of aromatic nitrogens is 2. The number of aromatic amines is 1. The van der Waals surface area contributed by atoms with Gasteiger partial charge in [0.05, 0.1) is 10.9 Å². The van der Waals surface area contributed by atoms with Crippen molar-refractivity contribution < 1.29 is 19.1 Å². The Kier molecular flexibility index (Phi) is 5.98. The summed E-state index contributed by atoms with van der Waals surface area (Å²) in [6, 6.07) is 11.9. The minimum Gasteiger partial charge on any atom is -0.456 e. The fourth-order valence-electron chi connectivity index (χ4n) is 3.59. The topological polar surface area (TPSA) is 121 Å². The van der Waals surface area contributed by atoms with Crippen molar-refractivity contribution in [3.05, 3.63) is 69.8 Å². The largest absolute Gasteiger partial charge is 0.456 e. The highest BCUT2D eigenvalue weighted by Crippen LogP contribution is 2.21. The van der Waals surface area contributed by atoms with Gasteiger partial charge in [-0.3, -0.25) is 19.2 Å². The SMILES string of the molecule is Cc1cccc2c(=O)[nH]c(COC(=O)CNC(=O)c3ccc(N4CCCC4=O)cc3)nc12. The molecule has 3 aromatic rings. The maximum absolute atomic E-state index is 12.3. The number of carbonyl (C=O) groups excluding carboxylic acids is 3. The fourth-order valence-corrected chi connectivity index (χ4v) is 3.59. The number of amides is 2. The highest BCUT2D eigenvalue weighted by Gasteiger charge is 2.21. The first kappa shape index (κ1) is 21.2. The first-order chi connectivity index (χ1) is 15.4. The van der Waals surface area contributed by atoms with Crippen LogP contribution < -0.4 is 15.8 Å². The maximum atomic E-state index is 12.3. The van der Waals surface area contributed by atoms with Crippen LogP contribution in [0.15, 0.2) is 47.3 Å². The van der Waals surface area contributed by atoms with E-state index in [4.69, 9.17) is 4.74 Å². The van der Waals surface area contributed by atoms with Crippen molar-refractivity contribution in [1.82, 2.24) is 15.3 Å². The molecule has 9 heteroatoms. The van der Waals surface area contributed by atoms with Crippen LogP contribution in [-0.4, -0.2) is 40.8 Å². The third-order valence-corrected chi connectivity index (χ3v) is 5.26. The molecule has 2 heterocycles. The smallest absolute Gasteiger partial charge is 0.325 e. The number of fused-ring (bicyclic) bond motifs is 1. The number of nitrogens with one attached hydrogen (secondary N) is 2. The van der Waals surface area contributed by atoms with E-state index in [9.17, 15) is 19.2 Å². The number of esters is 1. The Labute approximate surface area is 183 Å². The summed E-state index contributed by atoms with van der Waals surface area (Å²) in [5, 5.41) is 2.96. The molecule has 2 N–H and O–H groups in total. The molecular weight excluding hydrogens is 412 g/mol. The highest BCUT2D eigenvalue weighted by molar-refractivity contribution is 5.98. The molecule has 2 amide bonds. The molecule has 0 saturated carbocycles. The van der Waals surface area contributed by atoms with Gasteiger partial charge in [0.25, 0.3) is 11.5 Å². The lowest BCUT2D eigenvalue weighted by Crippen LogP contribution is -2.31. The van der Waals surface area contributed by atoms with E-state index in [1.165, 1.54) is 0 Å². The molecule has 0 radical (unpaired) electrons. The summed E-state index contributed by atoms with van der Waals surface area (Å²) >= 11 is 0. The Bertz CT molecular complexity index is 1250. The van der Waals surface area contributed by atoms with Crippen molar-refractivity contribution >= 4 is 34.4 Å². The predicted octanol–water partition coefficient (Wildman–Crippen LogP) is 1.83. The Balaban J connectivity index is 1.31. The molecule has 9 nitrogen and oxygen atoms in total. The van der Waals surface area contributed by atoms with Crippen LogP contribution in [0.2, 0.25) is 0 Å². The number of rotatable bonds is 6.